The van der Waals surface area contributed by atoms with Crippen molar-refractivity contribution in [3.05, 3.63) is 30.6 Å². The van der Waals surface area contributed by atoms with Crippen molar-refractivity contribution >= 4 is 28.7 Å². The average Bonchev–Trinajstić information content (AvgIpc) is 3.07. The maximum atomic E-state index is 13.1. The van der Waals surface area contributed by atoms with E-state index in [-0.39, 0.29) is 17.9 Å². The summed E-state index contributed by atoms with van der Waals surface area (Å²) in [6, 6.07) is 0. The number of alkyl halides is 2. The molecule has 1 aliphatic heterocycles. The first-order valence-corrected chi connectivity index (χ1v) is 9.46. The molecule has 0 radical (unpaired) electrons. The van der Waals surface area contributed by atoms with Gasteiger partial charge >= 0.3 is 0 Å². The SMILES string of the molecule is C=CC(=O)N1CCN(c2cnc3[nH]cc(C(=O)CCC(C)(F)F)c3n2)CC1(C)C. The molecule has 0 saturated carbocycles. The molecule has 29 heavy (non-hydrogen) atoms. The number of anilines is 1. The zero-order valence-corrected chi connectivity index (χ0v) is 16.8. The predicted octanol–water partition coefficient (Wildman–Crippen LogP) is 3.19. The minimum atomic E-state index is -2.90. The summed E-state index contributed by atoms with van der Waals surface area (Å²) in [4.78, 5) is 40.1. The van der Waals surface area contributed by atoms with Crippen molar-refractivity contribution in [3.63, 3.8) is 0 Å². The fourth-order valence-corrected chi connectivity index (χ4v) is 3.58. The van der Waals surface area contributed by atoms with Gasteiger partial charge in [-0.1, -0.05) is 6.58 Å². The third-order valence-corrected chi connectivity index (χ3v) is 5.13. The molecule has 1 aliphatic rings. The molecule has 7 nitrogen and oxygen atoms in total. The second kappa shape index (κ2) is 7.53. The van der Waals surface area contributed by atoms with Gasteiger partial charge in [-0.15, -0.1) is 0 Å². The summed E-state index contributed by atoms with van der Waals surface area (Å²) in [5.41, 5.74) is 0.622. The van der Waals surface area contributed by atoms with Gasteiger partial charge in [0.2, 0.25) is 11.8 Å². The molecular formula is C20H25F2N5O2. The number of fused-ring (bicyclic) bond motifs is 1. The number of aromatic amines is 1. The summed E-state index contributed by atoms with van der Waals surface area (Å²) in [7, 11) is 0. The van der Waals surface area contributed by atoms with E-state index in [2.05, 4.69) is 21.5 Å². The van der Waals surface area contributed by atoms with Crippen LogP contribution in [0.25, 0.3) is 11.2 Å². The highest BCUT2D eigenvalue weighted by atomic mass is 19.3. The van der Waals surface area contributed by atoms with Crippen LogP contribution < -0.4 is 4.90 Å². The molecule has 1 N–H and O–H groups in total. The van der Waals surface area contributed by atoms with Gasteiger partial charge in [-0.2, -0.15) is 0 Å². The fourth-order valence-electron chi connectivity index (χ4n) is 3.58. The Morgan fingerprint density at radius 1 is 1.38 bits per heavy atom. The maximum absolute atomic E-state index is 13.1. The van der Waals surface area contributed by atoms with E-state index >= 15 is 0 Å². The number of rotatable bonds is 6. The van der Waals surface area contributed by atoms with Crippen LogP contribution in [0.1, 0.15) is 44.0 Å². The Labute approximate surface area is 167 Å². The van der Waals surface area contributed by atoms with Gasteiger partial charge in [0.05, 0.1) is 17.3 Å². The van der Waals surface area contributed by atoms with Crippen LogP contribution in [0.5, 0.6) is 0 Å². The number of H-pyrrole nitrogens is 1. The second-order valence-corrected chi connectivity index (χ2v) is 8.05. The second-order valence-electron chi connectivity index (χ2n) is 8.05. The van der Waals surface area contributed by atoms with Gasteiger partial charge in [-0.05, 0) is 26.8 Å². The minimum absolute atomic E-state index is 0.123. The van der Waals surface area contributed by atoms with Crippen LogP contribution >= 0.6 is 0 Å². The van der Waals surface area contributed by atoms with Crippen LogP contribution in [0.15, 0.2) is 25.0 Å². The Kier molecular flexibility index (Phi) is 5.42. The highest BCUT2D eigenvalue weighted by Gasteiger charge is 2.36. The van der Waals surface area contributed by atoms with Crippen LogP contribution in [-0.2, 0) is 4.79 Å². The zero-order chi connectivity index (χ0) is 21.4. The molecule has 3 rings (SSSR count). The van der Waals surface area contributed by atoms with Gasteiger partial charge in [0, 0.05) is 38.7 Å². The first-order valence-electron chi connectivity index (χ1n) is 9.46. The van der Waals surface area contributed by atoms with E-state index in [0.29, 0.717) is 36.6 Å². The van der Waals surface area contributed by atoms with Crippen LogP contribution in [-0.4, -0.2) is 62.6 Å². The molecule has 3 heterocycles. The topological polar surface area (TPSA) is 82.2 Å². The molecule has 9 heteroatoms. The third-order valence-electron chi connectivity index (χ3n) is 5.13. The summed E-state index contributed by atoms with van der Waals surface area (Å²) in [6.07, 6.45) is 3.60. The lowest BCUT2D eigenvalue weighted by Crippen LogP contribution is -2.61. The largest absolute Gasteiger partial charge is 0.351 e. The molecule has 1 amide bonds. The fraction of sp³-hybridized carbons (Fsp3) is 0.500. The number of ketones is 1. The lowest BCUT2D eigenvalue weighted by atomic mass is 9.98. The van der Waals surface area contributed by atoms with E-state index in [9.17, 15) is 18.4 Å². The minimum Gasteiger partial charge on any atom is -0.351 e. The number of hydrogen-bond acceptors (Lipinski definition) is 5. The van der Waals surface area contributed by atoms with Gasteiger partial charge in [-0.25, -0.2) is 18.7 Å². The number of amides is 1. The molecule has 0 bridgehead atoms. The van der Waals surface area contributed by atoms with Gasteiger partial charge in [-0.3, -0.25) is 9.59 Å². The predicted molar refractivity (Wildman–Crippen MR) is 106 cm³/mol. The molecule has 0 aliphatic carbocycles. The number of Topliss-reactive ketones (excluding diaryl/α,β-unsaturated/α-hetero) is 1. The van der Waals surface area contributed by atoms with E-state index in [0.717, 1.165) is 6.92 Å². The van der Waals surface area contributed by atoms with Crippen LogP contribution in [0.4, 0.5) is 14.6 Å². The van der Waals surface area contributed by atoms with Crippen molar-refractivity contribution in [1.82, 2.24) is 19.9 Å². The third kappa shape index (κ3) is 4.44. The summed E-state index contributed by atoms with van der Waals surface area (Å²) in [6.45, 7) is 9.86. The lowest BCUT2D eigenvalue weighted by Gasteiger charge is -2.47. The van der Waals surface area contributed by atoms with Gasteiger partial charge in [0.25, 0.3) is 0 Å². The zero-order valence-electron chi connectivity index (χ0n) is 16.8. The number of hydrogen-bond donors (Lipinski definition) is 1. The standard InChI is InChI=1S/C20H25F2N5O2/c1-5-16(29)27-9-8-26(12-19(27,2)3)15-11-24-18-17(25-15)13(10-23-18)14(28)6-7-20(4,21)22/h5,10-11H,1,6-9,12H2,2-4H3,(H,23,24). The number of halogens is 2. The number of aromatic nitrogens is 3. The maximum Gasteiger partial charge on any atom is 0.246 e. The normalized spacial score (nSPS) is 16.9. The van der Waals surface area contributed by atoms with Gasteiger partial charge in [0.15, 0.2) is 11.4 Å². The Bertz CT molecular complexity index is 948. The number of carbonyl (C=O) groups excluding carboxylic acids is 2. The van der Waals surface area contributed by atoms with Crippen LogP contribution in [0, 0.1) is 0 Å². The van der Waals surface area contributed by atoms with Crippen LogP contribution in [0.3, 0.4) is 0 Å². The Morgan fingerprint density at radius 3 is 2.72 bits per heavy atom. The highest BCUT2D eigenvalue weighted by Crippen LogP contribution is 2.27. The smallest absolute Gasteiger partial charge is 0.246 e. The summed E-state index contributed by atoms with van der Waals surface area (Å²) in [5.74, 6) is -2.84. The van der Waals surface area contributed by atoms with E-state index < -0.39 is 23.7 Å². The summed E-state index contributed by atoms with van der Waals surface area (Å²) in [5, 5.41) is 0. The number of piperazine rings is 1. The summed E-state index contributed by atoms with van der Waals surface area (Å²) < 4.78 is 26.2. The van der Waals surface area contributed by atoms with Gasteiger partial charge in [0.1, 0.15) is 11.3 Å². The molecule has 0 aromatic carbocycles. The molecular weight excluding hydrogens is 380 g/mol. The molecule has 0 atom stereocenters. The van der Waals surface area contributed by atoms with E-state index in [1.165, 1.54) is 12.3 Å². The lowest BCUT2D eigenvalue weighted by molar-refractivity contribution is -0.131. The van der Waals surface area contributed by atoms with E-state index in [4.69, 9.17) is 0 Å². The quantitative estimate of drug-likeness (QED) is 0.590. The average molecular weight is 405 g/mol. The van der Waals surface area contributed by atoms with E-state index in [1.807, 2.05) is 18.7 Å². The number of carbonyl (C=O) groups is 2. The molecule has 0 spiro atoms. The van der Waals surface area contributed by atoms with Crippen LogP contribution in [0.2, 0.25) is 0 Å². The summed E-state index contributed by atoms with van der Waals surface area (Å²) >= 11 is 0. The van der Waals surface area contributed by atoms with Crippen molar-refractivity contribution in [1.29, 1.82) is 0 Å². The first kappa shape index (κ1) is 20.9. The first-order chi connectivity index (χ1) is 13.5. The molecule has 2 aromatic heterocycles. The molecule has 0 unspecified atom stereocenters. The Morgan fingerprint density at radius 2 is 2.10 bits per heavy atom. The highest BCUT2D eigenvalue weighted by molar-refractivity contribution is 6.05. The van der Waals surface area contributed by atoms with Gasteiger partial charge < -0.3 is 14.8 Å². The van der Waals surface area contributed by atoms with Crippen molar-refractivity contribution in [2.75, 3.05) is 24.5 Å². The van der Waals surface area contributed by atoms with Crippen molar-refractivity contribution in [2.24, 2.45) is 0 Å². The molecule has 1 saturated heterocycles. The molecule has 1 fully saturated rings. The van der Waals surface area contributed by atoms with Crippen molar-refractivity contribution in [2.45, 2.75) is 45.1 Å². The molecule has 2 aromatic rings. The Balaban J connectivity index is 1.84. The van der Waals surface area contributed by atoms with Crippen molar-refractivity contribution in [3.8, 4) is 0 Å². The van der Waals surface area contributed by atoms with Crippen molar-refractivity contribution < 1.29 is 18.4 Å². The number of nitrogens with zero attached hydrogens (tertiary/aromatic N) is 4. The Hall–Kier alpha value is -2.84. The monoisotopic (exact) mass is 405 g/mol. The number of nitrogens with one attached hydrogen (secondary N) is 1. The molecule has 156 valence electrons. The van der Waals surface area contributed by atoms with E-state index in [1.54, 1.807) is 11.1 Å².